The molecule has 1 aromatic heterocycles. The molecule has 0 spiro atoms. The quantitative estimate of drug-likeness (QED) is 0.717. The molecule has 0 saturated heterocycles. The zero-order valence-corrected chi connectivity index (χ0v) is 14.1. The second-order valence-electron chi connectivity index (χ2n) is 6.48. The van der Waals surface area contributed by atoms with Crippen LogP contribution in [0.15, 0.2) is 53.6 Å². The van der Waals surface area contributed by atoms with Gasteiger partial charge < -0.3 is 0 Å². The van der Waals surface area contributed by atoms with Crippen LogP contribution in [0.25, 0.3) is 10.9 Å². The Kier molecular flexibility index (Phi) is 3.13. The lowest BCUT2D eigenvalue weighted by molar-refractivity contribution is 0.589. The Morgan fingerprint density at radius 3 is 2.35 bits per heavy atom. The van der Waals surface area contributed by atoms with E-state index in [2.05, 4.69) is 12.1 Å². The van der Waals surface area contributed by atoms with E-state index < -0.39 is 10.0 Å². The summed E-state index contributed by atoms with van der Waals surface area (Å²) in [5.74, 6) is 0.662. The van der Waals surface area contributed by atoms with E-state index in [1.807, 2.05) is 32.0 Å². The van der Waals surface area contributed by atoms with Gasteiger partial charge in [-0.25, -0.2) is 12.4 Å². The van der Waals surface area contributed by atoms with E-state index in [4.69, 9.17) is 0 Å². The van der Waals surface area contributed by atoms with E-state index in [9.17, 15) is 8.42 Å². The van der Waals surface area contributed by atoms with Crippen molar-refractivity contribution in [2.24, 2.45) is 0 Å². The Morgan fingerprint density at radius 2 is 1.70 bits per heavy atom. The molecule has 0 atom stereocenters. The number of aryl methyl sites for hydroxylation is 2. The van der Waals surface area contributed by atoms with Crippen molar-refractivity contribution in [2.75, 3.05) is 0 Å². The normalized spacial score (nSPS) is 15.2. The van der Waals surface area contributed by atoms with E-state index >= 15 is 0 Å². The highest BCUT2D eigenvalue weighted by Gasteiger charge is 2.26. The van der Waals surface area contributed by atoms with E-state index in [-0.39, 0.29) is 0 Å². The summed E-state index contributed by atoms with van der Waals surface area (Å²) in [5, 5.41) is 1.00. The van der Waals surface area contributed by atoms with Gasteiger partial charge in [0.2, 0.25) is 0 Å². The third kappa shape index (κ3) is 2.38. The Balaban J connectivity index is 1.90. The van der Waals surface area contributed by atoms with Gasteiger partial charge in [-0.05, 0) is 68.0 Å². The van der Waals surface area contributed by atoms with Crippen LogP contribution in [-0.4, -0.2) is 12.4 Å². The fraction of sp³-hybridized carbons (Fsp3) is 0.263. The first kappa shape index (κ1) is 14.5. The van der Waals surface area contributed by atoms with Gasteiger partial charge in [0.1, 0.15) is 0 Å². The van der Waals surface area contributed by atoms with E-state index in [1.165, 1.54) is 22.4 Å². The van der Waals surface area contributed by atoms with E-state index in [0.29, 0.717) is 10.8 Å². The second kappa shape index (κ2) is 4.96. The van der Waals surface area contributed by atoms with Crippen molar-refractivity contribution in [3.8, 4) is 0 Å². The monoisotopic (exact) mass is 325 g/mol. The first-order valence-electron chi connectivity index (χ1n) is 7.91. The van der Waals surface area contributed by atoms with Gasteiger partial charge in [0.15, 0.2) is 0 Å². The van der Waals surface area contributed by atoms with Crippen molar-refractivity contribution in [3.05, 3.63) is 65.4 Å². The van der Waals surface area contributed by atoms with Crippen molar-refractivity contribution in [1.29, 1.82) is 0 Å². The van der Waals surface area contributed by atoms with E-state index in [1.54, 1.807) is 18.3 Å². The average Bonchev–Trinajstić information content (AvgIpc) is 3.27. The molecule has 1 aliphatic rings. The Hall–Kier alpha value is -2.07. The zero-order chi connectivity index (χ0) is 16.2. The molecule has 0 radical (unpaired) electrons. The number of nitrogens with zero attached hydrogens (tertiary/aromatic N) is 1. The minimum Gasteiger partial charge on any atom is -0.241 e. The smallest absolute Gasteiger partial charge is 0.241 e. The SMILES string of the molecule is Cc1ccc(S(=O)(=O)n2ccc3cc(C4CC4)cc(C)c32)cc1. The highest BCUT2D eigenvalue weighted by molar-refractivity contribution is 7.90. The second-order valence-corrected chi connectivity index (χ2v) is 8.29. The van der Waals surface area contributed by atoms with Gasteiger partial charge in [0.05, 0.1) is 10.4 Å². The molecule has 0 aliphatic heterocycles. The van der Waals surface area contributed by atoms with Crippen LogP contribution >= 0.6 is 0 Å². The van der Waals surface area contributed by atoms with Gasteiger partial charge >= 0.3 is 0 Å². The lowest BCUT2D eigenvalue weighted by atomic mass is 10.0. The average molecular weight is 325 g/mol. The summed E-state index contributed by atoms with van der Waals surface area (Å²) in [5.41, 5.74) is 4.19. The predicted octanol–water partition coefficient (Wildman–Crippen LogP) is 4.37. The van der Waals surface area contributed by atoms with Crippen LogP contribution in [0.5, 0.6) is 0 Å². The zero-order valence-electron chi connectivity index (χ0n) is 13.3. The summed E-state index contributed by atoms with van der Waals surface area (Å²) >= 11 is 0. The molecule has 3 aromatic rings. The van der Waals surface area contributed by atoms with E-state index in [0.717, 1.165) is 22.0 Å². The van der Waals surface area contributed by atoms with Crippen LogP contribution in [0.4, 0.5) is 0 Å². The van der Waals surface area contributed by atoms with Crippen molar-refractivity contribution in [2.45, 2.75) is 37.5 Å². The van der Waals surface area contributed by atoms with Crippen molar-refractivity contribution in [1.82, 2.24) is 3.97 Å². The van der Waals surface area contributed by atoms with Crippen LogP contribution in [-0.2, 0) is 10.0 Å². The maximum Gasteiger partial charge on any atom is 0.268 e. The third-order valence-corrected chi connectivity index (χ3v) is 6.28. The number of hydrogen-bond donors (Lipinski definition) is 0. The molecular formula is C19H19NO2S. The van der Waals surface area contributed by atoms with Gasteiger partial charge in [-0.3, -0.25) is 0 Å². The highest BCUT2D eigenvalue weighted by atomic mass is 32.2. The molecule has 0 unspecified atom stereocenters. The number of rotatable bonds is 3. The van der Waals surface area contributed by atoms with Crippen LogP contribution in [0.1, 0.15) is 35.4 Å². The molecule has 0 N–H and O–H groups in total. The summed E-state index contributed by atoms with van der Waals surface area (Å²) in [6.07, 6.45) is 4.16. The molecule has 4 rings (SSSR count). The number of aromatic nitrogens is 1. The maximum absolute atomic E-state index is 13.0. The summed E-state index contributed by atoms with van der Waals surface area (Å²) in [7, 11) is -3.56. The summed E-state index contributed by atoms with van der Waals surface area (Å²) in [4.78, 5) is 0.325. The first-order valence-corrected chi connectivity index (χ1v) is 9.35. The molecule has 0 amide bonds. The summed E-state index contributed by atoms with van der Waals surface area (Å²) < 4.78 is 27.3. The van der Waals surface area contributed by atoms with Gasteiger partial charge in [0.25, 0.3) is 10.0 Å². The molecule has 118 valence electrons. The molecule has 1 saturated carbocycles. The molecule has 2 aromatic carbocycles. The molecule has 23 heavy (non-hydrogen) atoms. The lowest BCUT2D eigenvalue weighted by Gasteiger charge is -2.11. The fourth-order valence-electron chi connectivity index (χ4n) is 3.16. The predicted molar refractivity (Wildman–Crippen MR) is 92.4 cm³/mol. The minimum atomic E-state index is -3.56. The fourth-order valence-corrected chi connectivity index (χ4v) is 4.58. The van der Waals surface area contributed by atoms with Crippen molar-refractivity contribution < 1.29 is 8.42 Å². The van der Waals surface area contributed by atoms with Crippen molar-refractivity contribution >= 4 is 20.9 Å². The van der Waals surface area contributed by atoms with Crippen molar-refractivity contribution in [3.63, 3.8) is 0 Å². The Morgan fingerprint density at radius 1 is 1.00 bits per heavy atom. The molecule has 1 aliphatic carbocycles. The number of benzene rings is 2. The van der Waals surface area contributed by atoms with Crippen LogP contribution in [0, 0.1) is 13.8 Å². The van der Waals surface area contributed by atoms with Crippen LogP contribution in [0.2, 0.25) is 0 Å². The summed E-state index contributed by atoms with van der Waals surface area (Å²) in [6, 6.07) is 13.2. The Bertz CT molecular complexity index is 994. The lowest BCUT2D eigenvalue weighted by Crippen LogP contribution is -2.12. The molecule has 1 heterocycles. The highest BCUT2D eigenvalue weighted by Crippen LogP contribution is 2.42. The number of hydrogen-bond acceptors (Lipinski definition) is 2. The third-order valence-electron chi connectivity index (χ3n) is 4.59. The van der Waals surface area contributed by atoms with Gasteiger partial charge in [-0.15, -0.1) is 0 Å². The molecule has 1 fully saturated rings. The van der Waals surface area contributed by atoms with Gasteiger partial charge in [0, 0.05) is 11.6 Å². The Labute approximate surface area is 136 Å². The maximum atomic E-state index is 13.0. The largest absolute Gasteiger partial charge is 0.268 e. The van der Waals surface area contributed by atoms with Gasteiger partial charge in [-0.2, -0.15) is 0 Å². The minimum absolute atomic E-state index is 0.325. The standard InChI is InChI=1S/C19H19NO2S/c1-13-3-7-18(8-4-13)23(21,22)20-10-9-16-12-17(15-5-6-15)11-14(2)19(16)20/h3-4,7-12,15H,5-6H2,1-2H3. The molecule has 4 heteroatoms. The van der Waals surface area contributed by atoms with Crippen LogP contribution < -0.4 is 0 Å². The molecule has 0 bridgehead atoms. The molecular weight excluding hydrogens is 306 g/mol. The topological polar surface area (TPSA) is 39.1 Å². The van der Waals surface area contributed by atoms with Crippen LogP contribution in [0.3, 0.4) is 0 Å². The first-order chi connectivity index (χ1) is 11.0. The summed E-state index contributed by atoms with van der Waals surface area (Å²) in [6.45, 7) is 3.94. The number of fused-ring (bicyclic) bond motifs is 1. The van der Waals surface area contributed by atoms with Gasteiger partial charge in [-0.1, -0.05) is 23.8 Å². The molecule has 3 nitrogen and oxygen atoms in total.